The van der Waals surface area contributed by atoms with Gasteiger partial charge in [-0.05, 0) is 31.9 Å². The van der Waals surface area contributed by atoms with Crippen LogP contribution in [0.3, 0.4) is 0 Å². The molecule has 0 atom stereocenters. The number of carbonyl (C=O) groups is 1. The Morgan fingerprint density at radius 1 is 1.47 bits per heavy atom. The maximum absolute atomic E-state index is 11.7. The highest BCUT2D eigenvalue weighted by Gasteiger charge is 2.17. The van der Waals surface area contributed by atoms with E-state index < -0.39 is 0 Å². The highest BCUT2D eigenvalue weighted by Crippen LogP contribution is 2.08. The quantitative estimate of drug-likeness (QED) is 0.784. The van der Waals surface area contributed by atoms with Crippen LogP contribution in [0.4, 0.5) is 0 Å². The van der Waals surface area contributed by atoms with Crippen LogP contribution in [0.2, 0.25) is 0 Å². The monoisotopic (exact) mass is 265 g/mol. The topological polar surface area (TPSA) is 63.2 Å². The molecule has 19 heavy (non-hydrogen) atoms. The van der Waals surface area contributed by atoms with Gasteiger partial charge in [0.15, 0.2) is 0 Å². The minimum Gasteiger partial charge on any atom is -0.481 e. The van der Waals surface area contributed by atoms with Gasteiger partial charge in [-0.2, -0.15) is 0 Å². The summed E-state index contributed by atoms with van der Waals surface area (Å²) in [6.07, 6.45) is 2.59. The van der Waals surface area contributed by atoms with Gasteiger partial charge in [0.05, 0.1) is 13.7 Å². The first-order valence-corrected chi connectivity index (χ1v) is 6.47. The molecule has 1 rings (SSSR count). The largest absolute Gasteiger partial charge is 0.481 e. The molecule has 0 spiro atoms. The first-order chi connectivity index (χ1) is 8.96. The second kappa shape index (κ2) is 7.09. The number of pyridine rings is 1. The lowest BCUT2D eigenvalue weighted by atomic mass is 10.0. The molecular formula is C14H23N3O2. The van der Waals surface area contributed by atoms with Gasteiger partial charge in [-0.1, -0.05) is 6.92 Å². The van der Waals surface area contributed by atoms with Crippen molar-refractivity contribution >= 4 is 5.91 Å². The molecule has 0 aliphatic carbocycles. The van der Waals surface area contributed by atoms with Gasteiger partial charge >= 0.3 is 0 Å². The third kappa shape index (κ3) is 5.70. The summed E-state index contributed by atoms with van der Waals surface area (Å²) in [7, 11) is 1.58. The standard InChI is InChI=1S/C14H23N3O2/c1-5-14(2,3)17-12(18)10-15-9-11-6-7-16-13(8-11)19-4/h6-8,15H,5,9-10H2,1-4H3,(H,17,18). The summed E-state index contributed by atoms with van der Waals surface area (Å²) in [5.74, 6) is 0.587. The molecular weight excluding hydrogens is 242 g/mol. The Hall–Kier alpha value is -1.62. The first kappa shape index (κ1) is 15.4. The fourth-order valence-electron chi connectivity index (χ4n) is 1.50. The van der Waals surface area contributed by atoms with E-state index in [4.69, 9.17) is 4.74 Å². The van der Waals surface area contributed by atoms with Crippen molar-refractivity contribution in [2.24, 2.45) is 0 Å². The van der Waals surface area contributed by atoms with E-state index in [-0.39, 0.29) is 11.4 Å². The fourth-order valence-corrected chi connectivity index (χ4v) is 1.50. The van der Waals surface area contributed by atoms with Crippen LogP contribution in [-0.2, 0) is 11.3 Å². The number of nitrogens with one attached hydrogen (secondary N) is 2. The van der Waals surface area contributed by atoms with E-state index in [1.807, 2.05) is 26.0 Å². The number of amides is 1. The zero-order chi connectivity index (χ0) is 14.3. The summed E-state index contributed by atoms with van der Waals surface area (Å²) < 4.78 is 5.04. The number of carbonyl (C=O) groups excluding carboxylic acids is 1. The number of ether oxygens (including phenoxy) is 1. The molecule has 0 unspecified atom stereocenters. The summed E-state index contributed by atoms with van der Waals surface area (Å²) in [5, 5.41) is 6.08. The van der Waals surface area contributed by atoms with Gasteiger partial charge in [0.1, 0.15) is 0 Å². The minimum absolute atomic E-state index is 0.00729. The molecule has 1 aromatic rings. The van der Waals surface area contributed by atoms with E-state index >= 15 is 0 Å². The number of nitrogens with zero attached hydrogens (tertiary/aromatic N) is 1. The van der Waals surface area contributed by atoms with E-state index in [0.29, 0.717) is 19.0 Å². The van der Waals surface area contributed by atoms with Crippen LogP contribution >= 0.6 is 0 Å². The molecule has 0 fully saturated rings. The van der Waals surface area contributed by atoms with Gasteiger partial charge in [0, 0.05) is 24.3 Å². The number of hydrogen-bond acceptors (Lipinski definition) is 4. The van der Waals surface area contributed by atoms with Crippen LogP contribution in [0.15, 0.2) is 18.3 Å². The molecule has 0 aliphatic rings. The second-order valence-electron chi connectivity index (χ2n) is 5.10. The average molecular weight is 265 g/mol. The van der Waals surface area contributed by atoms with Crippen molar-refractivity contribution in [2.75, 3.05) is 13.7 Å². The number of hydrogen-bond donors (Lipinski definition) is 2. The van der Waals surface area contributed by atoms with Crippen LogP contribution in [0.5, 0.6) is 5.88 Å². The maximum Gasteiger partial charge on any atom is 0.234 e. The Labute approximate surface area is 114 Å². The second-order valence-corrected chi connectivity index (χ2v) is 5.10. The smallest absolute Gasteiger partial charge is 0.234 e. The van der Waals surface area contributed by atoms with Gasteiger partial charge < -0.3 is 15.4 Å². The van der Waals surface area contributed by atoms with Crippen LogP contribution in [0.1, 0.15) is 32.8 Å². The summed E-state index contributed by atoms with van der Waals surface area (Å²) in [6, 6.07) is 3.74. The third-order valence-corrected chi connectivity index (χ3v) is 2.98. The van der Waals surface area contributed by atoms with Crippen molar-refractivity contribution in [3.63, 3.8) is 0 Å². The Bertz CT molecular complexity index is 419. The average Bonchev–Trinajstić information content (AvgIpc) is 2.38. The van der Waals surface area contributed by atoms with E-state index in [9.17, 15) is 4.79 Å². The lowest BCUT2D eigenvalue weighted by Crippen LogP contribution is -2.46. The van der Waals surface area contributed by atoms with E-state index in [0.717, 1.165) is 12.0 Å². The molecule has 5 nitrogen and oxygen atoms in total. The molecule has 5 heteroatoms. The third-order valence-electron chi connectivity index (χ3n) is 2.98. The molecule has 0 aliphatic heterocycles. The van der Waals surface area contributed by atoms with Gasteiger partial charge in [0.2, 0.25) is 11.8 Å². The normalized spacial score (nSPS) is 11.2. The van der Waals surface area contributed by atoms with Crippen molar-refractivity contribution in [1.82, 2.24) is 15.6 Å². The fraction of sp³-hybridized carbons (Fsp3) is 0.571. The first-order valence-electron chi connectivity index (χ1n) is 6.47. The predicted molar refractivity (Wildman–Crippen MR) is 75.0 cm³/mol. The Balaban J connectivity index is 2.35. The molecule has 0 radical (unpaired) electrons. The molecule has 0 saturated heterocycles. The molecule has 1 aromatic heterocycles. The van der Waals surface area contributed by atoms with Crippen molar-refractivity contribution in [1.29, 1.82) is 0 Å². The summed E-state index contributed by atoms with van der Waals surface area (Å²) >= 11 is 0. The van der Waals surface area contributed by atoms with Gasteiger partial charge in [-0.15, -0.1) is 0 Å². The van der Waals surface area contributed by atoms with Crippen LogP contribution in [0, 0.1) is 0 Å². The van der Waals surface area contributed by atoms with Crippen molar-refractivity contribution < 1.29 is 9.53 Å². The van der Waals surface area contributed by atoms with Crippen LogP contribution in [-0.4, -0.2) is 30.1 Å². The van der Waals surface area contributed by atoms with Gasteiger partial charge in [0.25, 0.3) is 0 Å². The number of methoxy groups -OCH3 is 1. The maximum atomic E-state index is 11.7. The van der Waals surface area contributed by atoms with Gasteiger partial charge in [-0.3, -0.25) is 4.79 Å². The number of aromatic nitrogens is 1. The minimum atomic E-state index is -0.154. The zero-order valence-corrected chi connectivity index (χ0v) is 12.1. The zero-order valence-electron chi connectivity index (χ0n) is 12.1. The lowest BCUT2D eigenvalue weighted by molar-refractivity contribution is -0.121. The molecule has 1 heterocycles. The highest BCUT2D eigenvalue weighted by molar-refractivity contribution is 5.78. The lowest BCUT2D eigenvalue weighted by Gasteiger charge is -2.24. The molecule has 106 valence electrons. The van der Waals surface area contributed by atoms with Crippen molar-refractivity contribution in [2.45, 2.75) is 39.3 Å². The highest BCUT2D eigenvalue weighted by atomic mass is 16.5. The molecule has 0 aromatic carbocycles. The van der Waals surface area contributed by atoms with Crippen LogP contribution < -0.4 is 15.4 Å². The van der Waals surface area contributed by atoms with Crippen LogP contribution in [0.25, 0.3) is 0 Å². The van der Waals surface area contributed by atoms with Crippen molar-refractivity contribution in [3.05, 3.63) is 23.9 Å². The van der Waals surface area contributed by atoms with Gasteiger partial charge in [-0.25, -0.2) is 4.98 Å². The van der Waals surface area contributed by atoms with E-state index in [2.05, 4.69) is 22.5 Å². The van der Waals surface area contributed by atoms with E-state index in [1.54, 1.807) is 13.3 Å². The molecule has 0 saturated carbocycles. The molecule has 0 bridgehead atoms. The Morgan fingerprint density at radius 2 is 2.21 bits per heavy atom. The molecule has 2 N–H and O–H groups in total. The summed E-state index contributed by atoms with van der Waals surface area (Å²) in [5.41, 5.74) is 0.882. The number of rotatable bonds is 7. The Morgan fingerprint density at radius 3 is 2.84 bits per heavy atom. The Kier molecular flexibility index (Phi) is 5.76. The predicted octanol–water partition coefficient (Wildman–Crippen LogP) is 1.48. The molecule has 1 amide bonds. The van der Waals surface area contributed by atoms with E-state index in [1.165, 1.54) is 0 Å². The SMILES string of the molecule is CCC(C)(C)NC(=O)CNCc1ccnc(OC)c1. The summed E-state index contributed by atoms with van der Waals surface area (Å²) in [4.78, 5) is 15.8. The van der Waals surface area contributed by atoms with Crippen molar-refractivity contribution in [3.8, 4) is 5.88 Å². The summed E-state index contributed by atoms with van der Waals surface area (Å²) in [6.45, 7) is 6.99.